The first kappa shape index (κ1) is 14.1. The maximum absolute atomic E-state index is 12.1. The zero-order chi connectivity index (χ0) is 14.5. The lowest BCUT2D eigenvalue weighted by atomic mass is 10.2. The Kier molecular flexibility index (Phi) is 4.37. The van der Waals surface area contributed by atoms with E-state index in [1.54, 1.807) is 24.3 Å². The van der Waals surface area contributed by atoms with Crippen LogP contribution in [-0.2, 0) is 0 Å². The molecule has 0 spiro atoms. The highest BCUT2D eigenvalue weighted by Crippen LogP contribution is 2.23. The normalized spacial score (nSPS) is 9.95. The number of carbonyl (C=O) groups excluding carboxylic acids is 1. The quantitative estimate of drug-likeness (QED) is 0.937. The molecule has 0 bridgehead atoms. The number of ether oxygens (including phenoxy) is 2. The third-order valence-electron chi connectivity index (χ3n) is 2.44. The van der Waals surface area contributed by atoms with E-state index in [2.05, 4.69) is 15.3 Å². The third-order valence-corrected chi connectivity index (χ3v) is 2.68. The molecule has 0 unspecified atom stereocenters. The molecule has 0 saturated heterocycles. The number of hydrogen-bond acceptors (Lipinski definition) is 5. The first-order valence-electron chi connectivity index (χ1n) is 5.66. The third kappa shape index (κ3) is 3.16. The van der Waals surface area contributed by atoms with Gasteiger partial charge in [0, 0.05) is 10.6 Å². The second kappa shape index (κ2) is 6.21. The predicted molar refractivity (Wildman–Crippen MR) is 74.5 cm³/mol. The van der Waals surface area contributed by atoms with Gasteiger partial charge in [0.05, 0.1) is 20.4 Å². The average Bonchev–Trinajstić information content (AvgIpc) is 2.47. The molecule has 1 aromatic carbocycles. The van der Waals surface area contributed by atoms with Gasteiger partial charge >= 0.3 is 6.01 Å². The zero-order valence-corrected chi connectivity index (χ0v) is 11.6. The topological polar surface area (TPSA) is 73.3 Å². The van der Waals surface area contributed by atoms with Gasteiger partial charge < -0.3 is 14.8 Å². The fraction of sp³-hybridized carbons (Fsp3) is 0.154. The van der Waals surface area contributed by atoms with Crippen molar-refractivity contribution in [3.63, 3.8) is 0 Å². The van der Waals surface area contributed by atoms with Gasteiger partial charge in [0.2, 0.25) is 5.88 Å². The van der Waals surface area contributed by atoms with Gasteiger partial charge in [-0.15, -0.1) is 0 Å². The maximum atomic E-state index is 12.1. The number of anilines is 1. The molecule has 0 aliphatic carbocycles. The van der Waals surface area contributed by atoms with Crippen LogP contribution in [0.25, 0.3) is 0 Å². The van der Waals surface area contributed by atoms with E-state index < -0.39 is 0 Å². The van der Waals surface area contributed by atoms with E-state index in [0.717, 1.165) is 0 Å². The van der Waals surface area contributed by atoms with Crippen molar-refractivity contribution in [2.24, 2.45) is 0 Å². The minimum atomic E-state index is -0.334. The standard InChI is InChI=1S/C13H12ClN3O3/c1-19-12-10(7-15-13(17-12)20-2)16-11(18)8-4-3-5-9(14)6-8/h3-7H,1-2H3,(H,16,18). The number of amides is 1. The number of carbonyl (C=O) groups is 1. The van der Waals surface area contributed by atoms with E-state index in [0.29, 0.717) is 16.3 Å². The fourth-order valence-electron chi connectivity index (χ4n) is 1.51. The Labute approximate surface area is 120 Å². The number of nitrogens with zero attached hydrogens (tertiary/aromatic N) is 2. The van der Waals surface area contributed by atoms with Crippen LogP contribution in [0, 0.1) is 0 Å². The summed E-state index contributed by atoms with van der Waals surface area (Å²) in [5, 5.41) is 3.14. The second-order valence-electron chi connectivity index (χ2n) is 3.74. The highest BCUT2D eigenvalue weighted by Gasteiger charge is 2.13. The molecule has 1 heterocycles. The summed E-state index contributed by atoms with van der Waals surface area (Å²) in [6.45, 7) is 0. The van der Waals surface area contributed by atoms with Gasteiger partial charge in [-0.2, -0.15) is 4.98 Å². The SMILES string of the molecule is COc1ncc(NC(=O)c2cccc(Cl)c2)c(OC)n1. The second-order valence-corrected chi connectivity index (χ2v) is 4.18. The molecule has 20 heavy (non-hydrogen) atoms. The molecule has 0 radical (unpaired) electrons. The lowest BCUT2D eigenvalue weighted by Gasteiger charge is -2.09. The Morgan fingerprint density at radius 3 is 2.75 bits per heavy atom. The van der Waals surface area contributed by atoms with Gasteiger partial charge in [0.25, 0.3) is 5.91 Å². The summed E-state index contributed by atoms with van der Waals surface area (Å²) in [6, 6.07) is 6.75. The summed E-state index contributed by atoms with van der Waals surface area (Å²) >= 11 is 5.84. The lowest BCUT2D eigenvalue weighted by molar-refractivity contribution is 0.102. The van der Waals surface area contributed by atoms with Gasteiger partial charge in [0.15, 0.2) is 0 Å². The molecule has 1 N–H and O–H groups in total. The molecular formula is C13H12ClN3O3. The summed E-state index contributed by atoms with van der Waals surface area (Å²) in [4.78, 5) is 20.0. The molecule has 2 aromatic rings. The lowest BCUT2D eigenvalue weighted by Crippen LogP contribution is -2.13. The van der Waals surface area contributed by atoms with Crippen molar-refractivity contribution in [3.8, 4) is 11.9 Å². The maximum Gasteiger partial charge on any atom is 0.319 e. The molecule has 7 heteroatoms. The Morgan fingerprint density at radius 1 is 1.30 bits per heavy atom. The molecule has 0 fully saturated rings. The number of hydrogen-bond donors (Lipinski definition) is 1. The number of methoxy groups -OCH3 is 2. The van der Waals surface area contributed by atoms with Crippen LogP contribution in [0.5, 0.6) is 11.9 Å². The van der Waals surface area contributed by atoms with E-state index in [-0.39, 0.29) is 17.8 Å². The summed E-state index contributed by atoms with van der Waals surface area (Å²) in [5.41, 5.74) is 0.772. The van der Waals surface area contributed by atoms with Crippen LogP contribution >= 0.6 is 11.6 Å². The molecule has 1 aromatic heterocycles. The van der Waals surface area contributed by atoms with Gasteiger partial charge in [-0.25, -0.2) is 4.98 Å². The Hall–Kier alpha value is -2.34. The summed E-state index contributed by atoms with van der Waals surface area (Å²) in [5.74, 6) is -0.119. The van der Waals surface area contributed by atoms with Crippen LogP contribution < -0.4 is 14.8 Å². The molecular weight excluding hydrogens is 282 g/mol. The van der Waals surface area contributed by atoms with Crippen molar-refractivity contribution in [3.05, 3.63) is 41.0 Å². The van der Waals surface area contributed by atoms with Crippen molar-refractivity contribution in [1.29, 1.82) is 0 Å². The Morgan fingerprint density at radius 2 is 2.10 bits per heavy atom. The molecule has 0 aliphatic heterocycles. The average molecular weight is 294 g/mol. The molecule has 0 saturated carbocycles. The van der Waals surface area contributed by atoms with E-state index in [1.807, 2.05) is 0 Å². The minimum absolute atomic E-state index is 0.155. The van der Waals surface area contributed by atoms with Gasteiger partial charge in [-0.3, -0.25) is 4.79 Å². The van der Waals surface area contributed by atoms with Crippen LogP contribution in [0.4, 0.5) is 5.69 Å². The molecule has 104 valence electrons. The molecule has 2 rings (SSSR count). The van der Waals surface area contributed by atoms with Gasteiger partial charge in [-0.1, -0.05) is 17.7 Å². The van der Waals surface area contributed by atoms with Crippen molar-refractivity contribution in [2.75, 3.05) is 19.5 Å². The molecule has 0 atom stereocenters. The predicted octanol–water partition coefficient (Wildman–Crippen LogP) is 2.40. The monoisotopic (exact) mass is 293 g/mol. The smallest absolute Gasteiger partial charge is 0.319 e. The molecule has 0 aliphatic rings. The summed E-state index contributed by atoms with van der Waals surface area (Å²) in [7, 11) is 2.88. The van der Waals surface area contributed by atoms with E-state index in [9.17, 15) is 4.79 Å². The number of halogens is 1. The van der Waals surface area contributed by atoms with Crippen molar-refractivity contribution < 1.29 is 14.3 Å². The van der Waals surface area contributed by atoms with Crippen molar-refractivity contribution in [2.45, 2.75) is 0 Å². The van der Waals surface area contributed by atoms with Crippen LogP contribution in [0.2, 0.25) is 5.02 Å². The number of rotatable bonds is 4. The number of nitrogens with one attached hydrogen (secondary N) is 1. The molecule has 6 nitrogen and oxygen atoms in total. The van der Waals surface area contributed by atoms with Crippen molar-refractivity contribution in [1.82, 2.24) is 9.97 Å². The largest absolute Gasteiger partial charge is 0.479 e. The summed E-state index contributed by atoms with van der Waals surface area (Å²) < 4.78 is 9.96. The Bertz CT molecular complexity index is 634. The van der Waals surface area contributed by atoms with Crippen LogP contribution in [0.1, 0.15) is 10.4 Å². The number of aromatic nitrogens is 2. The van der Waals surface area contributed by atoms with Gasteiger partial charge in [-0.05, 0) is 18.2 Å². The Balaban J connectivity index is 2.23. The van der Waals surface area contributed by atoms with E-state index in [4.69, 9.17) is 21.1 Å². The molecule has 1 amide bonds. The van der Waals surface area contributed by atoms with Gasteiger partial charge in [0.1, 0.15) is 5.69 Å². The first-order chi connectivity index (χ1) is 9.63. The highest BCUT2D eigenvalue weighted by atomic mass is 35.5. The van der Waals surface area contributed by atoms with Crippen molar-refractivity contribution >= 4 is 23.2 Å². The summed E-state index contributed by atoms with van der Waals surface area (Å²) in [6.07, 6.45) is 1.41. The first-order valence-corrected chi connectivity index (χ1v) is 6.03. The highest BCUT2D eigenvalue weighted by molar-refractivity contribution is 6.31. The number of benzene rings is 1. The van der Waals surface area contributed by atoms with Crippen LogP contribution in [0.3, 0.4) is 0 Å². The van der Waals surface area contributed by atoms with Crippen LogP contribution in [-0.4, -0.2) is 30.1 Å². The van der Waals surface area contributed by atoms with E-state index >= 15 is 0 Å². The minimum Gasteiger partial charge on any atom is -0.479 e. The zero-order valence-electron chi connectivity index (χ0n) is 10.9. The van der Waals surface area contributed by atoms with E-state index in [1.165, 1.54) is 20.4 Å². The van der Waals surface area contributed by atoms with Crippen LogP contribution in [0.15, 0.2) is 30.5 Å². The fourth-order valence-corrected chi connectivity index (χ4v) is 1.71.